The largest absolute Gasteiger partial charge is 0.456 e. The zero-order valence-corrected chi connectivity index (χ0v) is 26.3. The number of fused-ring (bicyclic) bond motifs is 11. The molecule has 0 saturated heterocycles. The quantitative estimate of drug-likeness (QED) is 0.199. The van der Waals surface area contributed by atoms with E-state index in [1.54, 1.807) is 0 Å². The van der Waals surface area contributed by atoms with Gasteiger partial charge in [-0.2, -0.15) is 10.0 Å². The molecule has 0 fully saturated rings. The lowest BCUT2D eigenvalue weighted by Gasteiger charge is -2.31. The highest BCUT2D eigenvalue weighted by atomic mass is 32.3. The van der Waals surface area contributed by atoms with E-state index in [0.717, 1.165) is 60.9 Å². The fourth-order valence-corrected chi connectivity index (χ4v) is 10.1. The van der Waals surface area contributed by atoms with Gasteiger partial charge in [0.05, 0.1) is 16.5 Å². The maximum Gasteiger partial charge on any atom is 0.147 e. The third-order valence-electron chi connectivity index (χ3n) is 9.70. The first kappa shape index (κ1) is 25.8. The van der Waals surface area contributed by atoms with Gasteiger partial charge in [-0.25, -0.2) is 0 Å². The number of anilines is 3. The highest BCUT2D eigenvalue weighted by molar-refractivity contribution is 8.33. The van der Waals surface area contributed by atoms with Crippen molar-refractivity contribution in [3.05, 3.63) is 140 Å². The molecule has 0 saturated carbocycles. The van der Waals surface area contributed by atoms with Gasteiger partial charge < -0.3 is 13.7 Å². The number of para-hydroxylation sites is 1. The smallest absolute Gasteiger partial charge is 0.147 e. The lowest BCUT2D eigenvalue weighted by molar-refractivity contribution is 0.663. The summed E-state index contributed by atoms with van der Waals surface area (Å²) in [4.78, 5) is 5.26. The van der Waals surface area contributed by atoms with Crippen molar-refractivity contribution in [1.29, 1.82) is 0 Å². The molecule has 10 rings (SSSR count). The van der Waals surface area contributed by atoms with Gasteiger partial charge in [-0.15, -0.1) is 0 Å². The number of hydrogen-bond acceptors (Lipinski definition) is 3. The number of furan rings is 2. The molecular weight excluding hydrogens is 583 g/mol. The minimum atomic E-state index is -1.17. The van der Waals surface area contributed by atoms with Gasteiger partial charge in [-0.05, 0) is 101 Å². The highest BCUT2D eigenvalue weighted by Gasteiger charge is 2.32. The van der Waals surface area contributed by atoms with E-state index in [1.807, 2.05) is 0 Å². The van der Waals surface area contributed by atoms with Gasteiger partial charge in [0.2, 0.25) is 0 Å². The van der Waals surface area contributed by atoms with Crippen molar-refractivity contribution in [2.75, 3.05) is 17.4 Å². The van der Waals surface area contributed by atoms with E-state index in [1.165, 1.54) is 31.7 Å². The van der Waals surface area contributed by atoms with Crippen molar-refractivity contribution in [3.63, 3.8) is 0 Å². The number of rotatable bonds is 3. The van der Waals surface area contributed by atoms with Gasteiger partial charge in [0.1, 0.15) is 22.3 Å². The van der Waals surface area contributed by atoms with Crippen molar-refractivity contribution in [3.8, 4) is 11.1 Å². The second kappa shape index (κ2) is 9.29. The van der Waals surface area contributed by atoms with Gasteiger partial charge in [-0.1, -0.05) is 72.8 Å². The Balaban J connectivity index is 1.27. The first-order valence-corrected chi connectivity index (χ1v) is 18.0. The molecule has 0 aliphatic carbocycles. The Morgan fingerprint density at radius 3 is 2.09 bits per heavy atom. The lowest BCUT2D eigenvalue weighted by Crippen LogP contribution is -2.10. The summed E-state index contributed by atoms with van der Waals surface area (Å²) in [6, 6.07) is 50.0. The van der Waals surface area contributed by atoms with E-state index in [-0.39, 0.29) is 0 Å². The molecule has 0 bridgehead atoms. The first-order valence-electron chi connectivity index (χ1n) is 15.6. The monoisotopic (exact) mass is 611 g/mol. The molecule has 2 aromatic heterocycles. The van der Waals surface area contributed by atoms with E-state index >= 15 is 0 Å². The molecule has 0 N–H and O–H groups in total. The third kappa shape index (κ3) is 3.50. The normalized spacial score (nSPS) is 14.3. The summed E-state index contributed by atoms with van der Waals surface area (Å²) in [6.45, 7) is 0. The fraction of sp³-hybridized carbons (Fsp3) is 0.0476. The Morgan fingerprint density at radius 2 is 1.22 bits per heavy atom. The second-order valence-corrected chi connectivity index (χ2v) is 16.1. The Hall–Kier alpha value is -5.45. The van der Waals surface area contributed by atoms with E-state index in [9.17, 15) is 0 Å². The number of hydrogen-bond donors (Lipinski definition) is 0. The minimum absolute atomic E-state index is 0.821. The maximum atomic E-state index is 6.73. The molecule has 4 heteroatoms. The predicted molar refractivity (Wildman–Crippen MR) is 195 cm³/mol. The average Bonchev–Trinajstić information content (AvgIpc) is 3.72. The molecule has 7 aromatic carbocycles. The summed E-state index contributed by atoms with van der Waals surface area (Å²) < 4.78 is 13.3. The fourth-order valence-electron chi connectivity index (χ4n) is 7.54. The van der Waals surface area contributed by atoms with Crippen LogP contribution in [0.2, 0.25) is 0 Å². The summed E-state index contributed by atoms with van der Waals surface area (Å²) in [5, 5.41) is 6.63. The van der Waals surface area contributed by atoms with Crippen LogP contribution in [-0.2, 0) is 0 Å². The molecule has 9 aromatic rings. The van der Waals surface area contributed by atoms with E-state index in [2.05, 4.69) is 157 Å². The van der Waals surface area contributed by atoms with Crippen molar-refractivity contribution in [2.45, 2.75) is 9.79 Å². The Labute approximate surface area is 267 Å². The topological polar surface area (TPSA) is 29.5 Å². The molecule has 220 valence electrons. The lowest BCUT2D eigenvalue weighted by atomic mass is 10.0. The maximum absolute atomic E-state index is 6.73. The van der Waals surface area contributed by atoms with Crippen molar-refractivity contribution >= 4 is 81.7 Å². The summed E-state index contributed by atoms with van der Waals surface area (Å²) in [5.74, 6) is 0. The molecule has 0 unspecified atom stereocenters. The van der Waals surface area contributed by atoms with E-state index in [0.29, 0.717) is 0 Å². The Morgan fingerprint density at radius 1 is 0.478 bits per heavy atom. The van der Waals surface area contributed by atoms with Crippen LogP contribution in [-0.4, -0.2) is 12.5 Å². The standard InChI is InChI=1S/C42H29NO2S/c1-46(2)38-18-9-8-15-30(38)31-20-19-29(25-39(31)46)43(28-13-4-3-5-14-28)34-16-10-17-35-40(34)41-36(44-35)22-21-32-33-23-26-11-6-7-12-27(26)24-37(33)45-42(32)41/h3-25H,1-2H3. The van der Waals surface area contributed by atoms with Gasteiger partial charge >= 0.3 is 0 Å². The summed E-state index contributed by atoms with van der Waals surface area (Å²) in [6.07, 6.45) is 4.83. The summed E-state index contributed by atoms with van der Waals surface area (Å²) >= 11 is 0. The van der Waals surface area contributed by atoms with Crippen LogP contribution in [0.25, 0.3) is 65.8 Å². The van der Waals surface area contributed by atoms with Crippen LogP contribution in [0.15, 0.2) is 158 Å². The second-order valence-electron chi connectivity index (χ2n) is 12.5. The number of nitrogens with zero attached hydrogens (tertiary/aromatic N) is 1. The average molecular weight is 612 g/mol. The van der Waals surface area contributed by atoms with Crippen LogP contribution in [0.5, 0.6) is 0 Å². The predicted octanol–water partition coefficient (Wildman–Crippen LogP) is 12.6. The molecule has 0 atom stereocenters. The first-order chi connectivity index (χ1) is 22.6. The molecule has 3 heterocycles. The summed E-state index contributed by atoms with van der Waals surface area (Å²) in [5.41, 5.74) is 9.39. The molecule has 0 radical (unpaired) electrons. The van der Waals surface area contributed by atoms with Gasteiger partial charge in [0.25, 0.3) is 0 Å². The molecule has 0 amide bonds. The zero-order chi connectivity index (χ0) is 30.6. The highest BCUT2D eigenvalue weighted by Crippen LogP contribution is 2.67. The van der Waals surface area contributed by atoms with Crippen LogP contribution in [0.4, 0.5) is 17.1 Å². The third-order valence-corrected chi connectivity index (χ3v) is 12.6. The van der Waals surface area contributed by atoms with Gasteiger partial charge in [-0.3, -0.25) is 0 Å². The van der Waals surface area contributed by atoms with E-state index < -0.39 is 10.0 Å². The molecule has 1 aliphatic heterocycles. The Kier molecular flexibility index (Phi) is 5.22. The SMILES string of the molecule is CS1(C)c2ccccc2-c2ccc(N(c3ccccc3)c3cccc4oc5ccc6c7cc8ccccc8cc7oc6c5c34)cc21. The van der Waals surface area contributed by atoms with Crippen LogP contribution in [0.1, 0.15) is 0 Å². The van der Waals surface area contributed by atoms with Crippen molar-refractivity contribution < 1.29 is 8.83 Å². The van der Waals surface area contributed by atoms with Crippen LogP contribution < -0.4 is 4.90 Å². The van der Waals surface area contributed by atoms with Crippen LogP contribution in [0.3, 0.4) is 0 Å². The van der Waals surface area contributed by atoms with Crippen molar-refractivity contribution in [2.24, 2.45) is 0 Å². The molecular formula is C42H29NO2S. The Bertz CT molecular complexity index is 2680. The van der Waals surface area contributed by atoms with Crippen molar-refractivity contribution in [1.82, 2.24) is 0 Å². The van der Waals surface area contributed by atoms with Gasteiger partial charge in [0.15, 0.2) is 0 Å². The molecule has 0 spiro atoms. The van der Waals surface area contributed by atoms with E-state index in [4.69, 9.17) is 8.83 Å². The van der Waals surface area contributed by atoms with Crippen LogP contribution >= 0.6 is 10.0 Å². The molecule has 46 heavy (non-hydrogen) atoms. The van der Waals surface area contributed by atoms with Crippen LogP contribution in [0, 0.1) is 0 Å². The number of benzene rings is 7. The minimum Gasteiger partial charge on any atom is -0.456 e. The summed E-state index contributed by atoms with van der Waals surface area (Å²) in [7, 11) is -1.17. The molecule has 3 nitrogen and oxygen atoms in total. The molecule has 1 aliphatic rings. The zero-order valence-electron chi connectivity index (χ0n) is 25.5. The van der Waals surface area contributed by atoms with Gasteiger partial charge in [0, 0.05) is 31.9 Å².